The maximum Gasteiger partial charge on any atom is 0.334 e. The summed E-state index contributed by atoms with van der Waals surface area (Å²) in [5.74, 6) is -0.541. The monoisotopic (exact) mass is 305 g/mol. The molecule has 0 spiro atoms. The van der Waals surface area contributed by atoms with Gasteiger partial charge in [-0.15, -0.1) is 0 Å². The van der Waals surface area contributed by atoms with Gasteiger partial charge in [0.05, 0.1) is 13.2 Å². The number of morpholine rings is 1. The molecule has 1 N–H and O–H groups in total. The Morgan fingerprint density at radius 3 is 2.59 bits per heavy atom. The number of rotatable bonds is 5. The molecule has 0 saturated carbocycles. The number of nitrogens with zero attached hydrogens (tertiary/aromatic N) is 1. The third-order valence-corrected chi connectivity index (χ3v) is 4.12. The largest absolute Gasteiger partial charge is 0.479 e. The number of ether oxygens (including phenoxy) is 1. The summed E-state index contributed by atoms with van der Waals surface area (Å²) in [6, 6.07) is 9.99. The number of carbonyl (C=O) groups excluding carboxylic acids is 1. The number of hydrogen-bond acceptors (Lipinski definition) is 3. The molecule has 1 aromatic carbocycles. The van der Waals surface area contributed by atoms with Crippen LogP contribution in [0.5, 0.6) is 0 Å². The second-order valence-electron chi connectivity index (χ2n) is 6.00. The maximum absolute atomic E-state index is 12.5. The van der Waals surface area contributed by atoms with Crippen LogP contribution in [-0.4, -0.2) is 47.7 Å². The first kappa shape index (κ1) is 16.5. The predicted molar refractivity (Wildman–Crippen MR) is 82.6 cm³/mol. The van der Waals surface area contributed by atoms with E-state index in [1.165, 1.54) is 0 Å². The van der Waals surface area contributed by atoms with Crippen molar-refractivity contribution < 1.29 is 19.4 Å². The van der Waals surface area contributed by atoms with E-state index in [2.05, 4.69) is 13.8 Å². The van der Waals surface area contributed by atoms with Gasteiger partial charge in [0.25, 0.3) is 0 Å². The van der Waals surface area contributed by atoms with E-state index in [0.717, 1.165) is 5.56 Å². The van der Waals surface area contributed by atoms with E-state index in [4.69, 9.17) is 9.84 Å². The molecule has 22 heavy (non-hydrogen) atoms. The molecule has 0 aromatic heterocycles. The topological polar surface area (TPSA) is 66.8 Å². The van der Waals surface area contributed by atoms with Crippen molar-refractivity contribution >= 4 is 11.9 Å². The third kappa shape index (κ3) is 4.07. The molecular weight excluding hydrogens is 282 g/mol. The molecular formula is C17H23NO4. The van der Waals surface area contributed by atoms with Crippen LogP contribution in [0, 0.1) is 5.92 Å². The molecule has 1 heterocycles. The highest BCUT2D eigenvalue weighted by Gasteiger charge is 2.30. The zero-order valence-corrected chi connectivity index (χ0v) is 13.1. The number of carbonyl (C=O) groups is 2. The summed E-state index contributed by atoms with van der Waals surface area (Å²) < 4.78 is 5.16. The smallest absolute Gasteiger partial charge is 0.334 e. The maximum atomic E-state index is 12.5. The number of amides is 1. The van der Waals surface area contributed by atoms with E-state index in [0.29, 0.717) is 18.9 Å². The van der Waals surface area contributed by atoms with Gasteiger partial charge in [0.1, 0.15) is 0 Å². The fourth-order valence-electron chi connectivity index (χ4n) is 2.78. The van der Waals surface area contributed by atoms with Gasteiger partial charge in [-0.25, -0.2) is 4.79 Å². The van der Waals surface area contributed by atoms with E-state index in [-0.39, 0.29) is 25.0 Å². The molecule has 2 atom stereocenters. The summed E-state index contributed by atoms with van der Waals surface area (Å²) in [5, 5.41) is 9.02. The average Bonchev–Trinajstić information content (AvgIpc) is 2.53. The second kappa shape index (κ2) is 7.40. The van der Waals surface area contributed by atoms with Gasteiger partial charge in [0, 0.05) is 13.0 Å². The minimum atomic E-state index is -1.01. The lowest BCUT2D eigenvalue weighted by molar-refractivity contribution is -0.159. The Hall–Kier alpha value is -1.88. The van der Waals surface area contributed by atoms with Crippen LogP contribution in [0.25, 0.3) is 0 Å². The van der Waals surface area contributed by atoms with Crippen LogP contribution >= 0.6 is 0 Å². The van der Waals surface area contributed by atoms with Crippen LogP contribution in [0.1, 0.15) is 31.7 Å². The first-order chi connectivity index (χ1) is 10.5. The molecule has 120 valence electrons. The minimum absolute atomic E-state index is 0.00268. The van der Waals surface area contributed by atoms with Crippen molar-refractivity contribution in [3.63, 3.8) is 0 Å². The quantitative estimate of drug-likeness (QED) is 0.905. The van der Waals surface area contributed by atoms with Crippen molar-refractivity contribution in [2.75, 3.05) is 19.7 Å². The number of benzene rings is 1. The van der Waals surface area contributed by atoms with E-state index in [9.17, 15) is 9.59 Å². The van der Waals surface area contributed by atoms with Gasteiger partial charge in [-0.3, -0.25) is 4.79 Å². The molecule has 0 radical (unpaired) electrons. The zero-order valence-electron chi connectivity index (χ0n) is 13.1. The van der Waals surface area contributed by atoms with Gasteiger partial charge in [0.2, 0.25) is 5.91 Å². The lowest BCUT2D eigenvalue weighted by Gasteiger charge is -2.32. The average molecular weight is 305 g/mol. The van der Waals surface area contributed by atoms with Crippen LogP contribution in [0.3, 0.4) is 0 Å². The van der Waals surface area contributed by atoms with Crippen molar-refractivity contribution in [1.82, 2.24) is 4.90 Å². The number of hydrogen-bond donors (Lipinski definition) is 1. The van der Waals surface area contributed by atoms with Crippen molar-refractivity contribution in [2.45, 2.75) is 32.3 Å². The standard InChI is InChI=1S/C17H23NO4/c1-12(2)14(13-6-4-3-5-7-13)10-16(19)18-8-9-22-15(11-18)17(20)21/h3-7,12,14-15H,8-11H2,1-2H3,(H,20,21). The number of carboxylic acids is 1. The Kier molecular flexibility index (Phi) is 5.55. The highest BCUT2D eigenvalue weighted by molar-refractivity contribution is 5.79. The Morgan fingerprint density at radius 2 is 2.00 bits per heavy atom. The van der Waals surface area contributed by atoms with Crippen LogP contribution in [0.15, 0.2) is 30.3 Å². The summed E-state index contributed by atoms with van der Waals surface area (Å²) in [6.45, 7) is 5.07. The fraction of sp³-hybridized carbons (Fsp3) is 0.529. The number of aliphatic carboxylic acids is 1. The number of carboxylic acid groups (broad SMARTS) is 1. The highest BCUT2D eigenvalue weighted by Crippen LogP contribution is 2.28. The van der Waals surface area contributed by atoms with E-state index in [1.54, 1.807) is 4.90 Å². The van der Waals surface area contributed by atoms with Gasteiger partial charge in [0.15, 0.2) is 6.10 Å². The first-order valence-corrected chi connectivity index (χ1v) is 7.66. The molecule has 1 saturated heterocycles. The van der Waals surface area contributed by atoms with Crippen molar-refractivity contribution in [1.29, 1.82) is 0 Å². The van der Waals surface area contributed by atoms with Crippen LogP contribution in [0.4, 0.5) is 0 Å². The first-order valence-electron chi connectivity index (χ1n) is 7.66. The summed E-state index contributed by atoms with van der Waals surface area (Å²) >= 11 is 0. The van der Waals surface area contributed by atoms with Gasteiger partial charge in [-0.05, 0) is 17.4 Å². The van der Waals surface area contributed by atoms with Gasteiger partial charge in [-0.1, -0.05) is 44.2 Å². The minimum Gasteiger partial charge on any atom is -0.479 e. The Balaban J connectivity index is 2.04. The summed E-state index contributed by atoms with van der Waals surface area (Å²) in [6.07, 6.45) is -0.513. The summed E-state index contributed by atoms with van der Waals surface area (Å²) in [5.41, 5.74) is 1.15. The Bertz CT molecular complexity index is 515. The molecule has 5 heteroatoms. The molecule has 5 nitrogen and oxygen atoms in total. The SMILES string of the molecule is CC(C)C(CC(=O)N1CCOC(C(=O)O)C1)c1ccccc1. The van der Waals surface area contributed by atoms with Crippen LogP contribution < -0.4 is 0 Å². The fourth-order valence-corrected chi connectivity index (χ4v) is 2.78. The molecule has 2 rings (SSSR count). The molecule has 0 aliphatic carbocycles. The summed E-state index contributed by atoms with van der Waals surface area (Å²) in [4.78, 5) is 25.2. The van der Waals surface area contributed by atoms with Crippen LogP contribution in [-0.2, 0) is 14.3 Å². The lowest BCUT2D eigenvalue weighted by Crippen LogP contribution is -2.48. The van der Waals surface area contributed by atoms with Crippen molar-refractivity contribution in [3.8, 4) is 0 Å². The molecule has 1 aliphatic heterocycles. The zero-order chi connectivity index (χ0) is 16.1. The Morgan fingerprint density at radius 1 is 1.32 bits per heavy atom. The van der Waals surface area contributed by atoms with E-state index in [1.807, 2.05) is 30.3 Å². The molecule has 2 unspecified atom stereocenters. The molecule has 1 amide bonds. The lowest BCUT2D eigenvalue weighted by atomic mass is 9.85. The van der Waals surface area contributed by atoms with Gasteiger partial charge >= 0.3 is 5.97 Å². The third-order valence-electron chi connectivity index (χ3n) is 4.12. The normalized spacial score (nSPS) is 20.0. The van der Waals surface area contributed by atoms with Crippen molar-refractivity contribution in [2.24, 2.45) is 5.92 Å². The second-order valence-corrected chi connectivity index (χ2v) is 6.00. The molecule has 1 fully saturated rings. The van der Waals surface area contributed by atoms with E-state index >= 15 is 0 Å². The Labute approximate surface area is 130 Å². The molecule has 1 aromatic rings. The molecule has 0 bridgehead atoms. The van der Waals surface area contributed by atoms with Crippen LogP contribution in [0.2, 0.25) is 0 Å². The predicted octanol–water partition coefficient (Wildman–Crippen LogP) is 2.13. The van der Waals surface area contributed by atoms with E-state index < -0.39 is 12.1 Å². The molecule has 1 aliphatic rings. The van der Waals surface area contributed by atoms with Gasteiger partial charge in [-0.2, -0.15) is 0 Å². The van der Waals surface area contributed by atoms with Gasteiger partial charge < -0.3 is 14.7 Å². The van der Waals surface area contributed by atoms with Crippen molar-refractivity contribution in [3.05, 3.63) is 35.9 Å². The summed E-state index contributed by atoms with van der Waals surface area (Å²) in [7, 11) is 0. The highest BCUT2D eigenvalue weighted by atomic mass is 16.5.